The van der Waals surface area contributed by atoms with Gasteiger partial charge < -0.3 is 20.5 Å². The van der Waals surface area contributed by atoms with Crippen molar-refractivity contribution in [1.29, 1.82) is 0 Å². The Bertz CT molecular complexity index is 419. The fourth-order valence-corrected chi connectivity index (χ4v) is 1.60. The summed E-state index contributed by atoms with van der Waals surface area (Å²) in [5.74, 6) is 1.22. The van der Waals surface area contributed by atoms with Gasteiger partial charge >= 0.3 is 0 Å². The molecule has 0 spiro atoms. The van der Waals surface area contributed by atoms with Gasteiger partial charge in [-0.1, -0.05) is 0 Å². The number of rotatable bonds is 5. The van der Waals surface area contributed by atoms with Gasteiger partial charge in [0.15, 0.2) is 0 Å². The number of nitrogens with one attached hydrogen (secondary N) is 1. The van der Waals surface area contributed by atoms with E-state index in [1.165, 1.54) is 0 Å². The molecule has 1 unspecified atom stereocenters. The molecule has 2 atom stereocenters. The van der Waals surface area contributed by atoms with Crippen LogP contribution in [0.2, 0.25) is 0 Å². The fraction of sp³-hybridized carbons (Fsp3) is 0.462. The zero-order valence-corrected chi connectivity index (χ0v) is 11.2. The third-order valence-corrected chi connectivity index (χ3v) is 2.68. The number of methoxy groups -OCH3 is 2. The van der Waals surface area contributed by atoms with Crippen LogP contribution >= 0.6 is 0 Å². The molecule has 3 N–H and O–H groups in total. The van der Waals surface area contributed by atoms with E-state index in [4.69, 9.17) is 15.2 Å². The first-order valence-corrected chi connectivity index (χ1v) is 5.77. The van der Waals surface area contributed by atoms with Crippen LogP contribution in [0.1, 0.15) is 25.5 Å². The van der Waals surface area contributed by atoms with Crippen LogP contribution in [-0.4, -0.2) is 26.2 Å². The van der Waals surface area contributed by atoms with Crippen molar-refractivity contribution in [2.45, 2.75) is 25.9 Å². The van der Waals surface area contributed by atoms with E-state index in [1.54, 1.807) is 21.1 Å². The Kier molecular flexibility index (Phi) is 4.97. The van der Waals surface area contributed by atoms with Gasteiger partial charge in [-0.15, -0.1) is 0 Å². The van der Waals surface area contributed by atoms with Crippen molar-refractivity contribution >= 4 is 5.91 Å². The Labute approximate surface area is 107 Å². The normalized spacial score (nSPS) is 13.6. The number of hydrogen-bond donors (Lipinski definition) is 2. The SMILES string of the molecule is COc1ccc(OC)c(C(C)NC(=O)[C@H](C)N)c1. The van der Waals surface area contributed by atoms with Gasteiger partial charge in [0.1, 0.15) is 11.5 Å². The van der Waals surface area contributed by atoms with E-state index in [-0.39, 0.29) is 11.9 Å². The maximum Gasteiger partial charge on any atom is 0.237 e. The first-order chi connectivity index (χ1) is 8.49. The van der Waals surface area contributed by atoms with Gasteiger partial charge in [-0.05, 0) is 32.0 Å². The fourth-order valence-electron chi connectivity index (χ4n) is 1.60. The Morgan fingerprint density at radius 2 is 1.94 bits per heavy atom. The Balaban J connectivity index is 2.95. The Morgan fingerprint density at radius 3 is 2.44 bits per heavy atom. The number of ether oxygens (including phenoxy) is 2. The van der Waals surface area contributed by atoms with Crippen molar-refractivity contribution in [3.05, 3.63) is 23.8 Å². The van der Waals surface area contributed by atoms with Crippen LogP contribution in [0.4, 0.5) is 0 Å². The third-order valence-electron chi connectivity index (χ3n) is 2.68. The number of carbonyl (C=O) groups excluding carboxylic acids is 1. The van der Waals surface area contributed by atoms with Gasteiger partial charge in [0, 0.05) is 5.56 Å². The van der Waals surface area contributed by atoms with Crippen LogP contribution < -0.4 is 20.5 Å². The predicted octanol–water partition coefficient (Wildman–Crippen LogP) is 1.23. The van der Waals surface area contributed by atoms with E-state index in [0.29, 0.717) is 11.5 Å². The van der Waals surface area contributed by atoms with Crippen LogP contribution in [0.25, 0.3) is 0 Å². The lowest BCUT2D eigenvalue weighted by atomic mass is 10.1. The van der Waals surface area contributed by atoms with Crippen LogP contribution in [0, 0.1) is 0 Å². The summed E-state index contributed by atoms with van der Waals surface area (Å²) >= 11 is 0. The molecule has 0 aliphatic heterocycles. The lowest BCUT2D eigenvalue weighted by molar-refractivity contribution is -0.122. The van der Waals surface area contributed by atoms with Gasteiger partial charge in [0.05, 0.1) is 26.3 Å². The quantitative estimate of drug-likeness (QED) is 0.826. The predicted molar refractivity (Wildman–Crippen MR) is 69.8 cm³/mol. The molecule has 0 aromatic heterocycles. The summed E-state index contributed by atoms with van der Waals surface area (Å²) in [7, 11) is 3.18. The highest BCUT2D eigenvalue weighted by Gasteiger charge is 2.16. The molecule has 5 nitrogen and oxygen atoms in total. The largest absolute Gasteiger partial charge is 0.497 e. The van der Waals surface area contributed by atoms with Gasteiger partial charge in [0.2, 0.25) is 5.91 Å². The average molecular weight is 252 g/mol. The Hall–Kier alpha value is -1.75. The van der Waals surface area contributed by atoms with Gasteiger partial charge in [-0.3, -0.25) is 4.79 Å². The number of carbonyl (C=O) groups is 1. The molecule has 0 bridgehead atoms. The van der Waals surface area contributed by atoms with Crippen molar-refractivity contribution in [1.82, 2.24) is 5.32 Å². The van der Waals surface area contributed by atoms with Crippen molar-refractivity contribution in [3.63, 3.8) is 0 Å². The minimum atomic E-state index is -0.538. The highest BCUT2D eigenvalue weighted by Crippen LogP contribution is 2.29. The summed E-state index contributed by atoms with van der Waals surface area (Å²) in [5, 5.41) is 2.82. The summed E-state index contributed by atoms with van der Waals surface area (Å²) in [5.41, 5.74) is 6.37. The first-order valence-electron chi connectivity index (χ1n) is 5.77. The zero-order valence-electron chi connectivity index (χ0n) is 11.2. The van der Waals surface area contributed by atoms with E-state index in [1.807, 2.05) is 25.1 Å². The van der Waals surface area contributed by atoms with Crippen LogP contribution in [0.3, 0.4) is 0 Å². The summed E-state index contributed by atoms with van der Waals surface area (Å²) in [6.45, 7) is 3.52. The van der Waals surface area contributed by atoms with Crippen LogP contribution in [0.5, 0.6) is 11.5 Å². The van der Waals surface area contributed by atoms with E-state index in [0.717, 1.165) is 5.56 Å². The molecule has 0 radical (unpaired) electrons. The lowest BCUT2D eigenvalue weighted by Gasteiger charge is -2.19. The molecule has 0 heterocycles. The molecule has 0 aliphatic rings. The van der Waals surface area contributed by atoms with Crippen molar-refractivity contribution in [2.75, 3.05) is 14.2 Å². The van der Waals surface area contributed by atoms with E-state index < -0.39 is 6.04 Å². The molecule has 18 heavy (non-hydrogen) atoms. The molecule has 0 aliphatic carbocycles. The second-order valence-corrected chi connectivity index (χ2v) is 4.13. The topological polar surface area (TPSA) is 73.6 Å². The standard InChI is InChI=1S/C13H20N2O3/c1-8(14)13(16)15-9(2)11-7-10(17-3)5-6-12(11)18-4/h5-9H,14H2,1-4H3,(H,15,16)/t8-,9?/m0/s1. The average Bonchev–Trinajstić information content (AvgIpc) is 2.37. The monoisotopic (exact) mass is 252 g/mol. The molecule has 1 rings (SSSR count). The third kappa shape index (κ3) is 3.37. The summed E-state index contributed by atoms with van der Waals surface area (Å²) in [6, 6.07) is 4.72. The highest BCUT2D eigenvalue weighted by molar-refractivity contribution is 5.81. The molecule has 0 saturated carbocycles. The maximum atomic E-state index is 11.6. The minimum absolute atomic E-state index is 0.200. The van der Waals surface area contributed by atoms with E-state index in [2.05, 4.69) is 5.32 Å². The van der Waals surface area contributed by atoms with E-state index >= 15 is 0 Å². The second-order valence-electron chi connectivity index (χ2n) is 4.13. The minimum Gasteiger partial charge on any atom is -0.497 e. The maximum absolute atomic E-state index is 11.6. The zero-order chi connectivity index (χ0) is 13.7. The molecule has 1 aromatic carbocycles. The van der Waals surface area contributed by atoms with Crippen molar-refractivity contribution in [3.8, 4) is 11.5 Å². The van der Waals surface area contributed by atoms with Crippen molar-refractivity contribution < 1.29 is 14.3 Å². The van der Waals surface area contributed by atoms with Gasteiger partial charge in [-0.2, -0.15) is 0 Å². The van der Waals surface area contributed by atoms with Crippen LogP contribution in [-0.2, 0) is 4.79 Å². The van der Waals surface area contributed by atoms with Gasteiger partial charge in [-0.25, -0.2) is 0 Å². The molecule has 5 heteroatoms. The van der Waals surface area contributed by atoms with Crippen molar-refractivity contribution in [2.24, 2.45) is 5.73 Å². The molecule has 1 amide bonds. The molecular weight excluding hydrogens is 232 g/mol. The summed E-state index contributed by atoms with van der Waals surface area (Å²) < 4.78 is 10.4. The summed E-state index contributed by atoms with van der Waals surface area (Å²) in [6.07, 6.45) is 0. The summed E-state index contributed by atoms with van der Waals surface area (Å²) in [4.78, 5) is 11.6. The van der Waals surface area contributed by atoms with E-state index in [9.17, 15) is 4.79 Å². The number of benzene rings is 1. The highest BCUT2D eigenvalue weighted by atomic mass is 16.5. The Morgan fingerprint density at radius 1 is 1.28 bits per heavy atom. The number of amides is 1. The van der Waals surface area contributed by atoms with Crippen LogP contribution in [0.15, 0.2) is 18.2 Å². The smallest absolute Gasteiger partial charge is 0.237 e. The van der Waals surface area contributed by atoms with Gasteiger partial charge in [0.25, 0.3) is 0 Å². The molecule has 100 valence electrons. The molecule has 0 saturated heterocycles. The first kappa shape index (κ1) is 14.3. The lowest BCUT2D eigenvalue weighted by Crippen LogP contribution is -2.39. The molecule has 1 aromatic rings. The number of hydrogen-bond acceptors (Lipinski definition) is 4. The number of nitrogens with two attached hydrogens (primary N) is 1. The molecule has 0 fully saturated rings. The second kappa shape index (κ2) is 6.26. The molecular formula is C13H20N2O3.